The van der Waals surface area contributed by atoms with Crippen LogP contribution in [0.15, 0.2) is 186 Å². The van der Waals surface area contributed by atoms with Crippen molar-refractivity contribution in [1.82, 2.24) is 5.32 Å². The first-order valence-electron chi connectivity index (χ1n) is 17.0. The van der Waals surface area contributed by atoms with Crippen LogP contribution in [-0.2, 0) is 5.41 Å². The number of hydrogen-bond acceptors (Lipinski definition) is 4. The molecule has 0 amide bonds. The quantitative estimate of drug-likeness (QED) is 0.208. The van der Waals surface area contributed by atoms with E-state index in [-0.39, 0.29) is 6.17 Å². The molecule has 7 aromatic rings. The van der Waals surface area contributed by atoms with Gasteiger partial charge in [-0.15, -0.1) is 0 Å². The van der Waals surface area contributed by atoms with E-state index in [9.17, 15) is 0 Å². The van der Waals surface area contributed by atoms with Crippen LogP contribution in [0.3, 0.4) is 0 Å². The van der Waals surface area contributed by atoms with Crippen molar-refractivity contribution in [1.29, 1.82) is 0 Å². The molecule has 0 saturated carbocycles. The third-order valence-corrected chi connectivity index (χ3v) is 10.2. The van der Waals surface area contributed by atoms with Gasteiger partial charge in [0.25, 0.3) is 0 Å². The first kappa shape index (κ1) is 28.5. The molecule has 10 rings (SSSR count). The number of nitrogens with zero attached hydrogens (tertiary/aromatic N) is 2. The molecule has 2 aliphatic heterocycles. The maximum Gasteiger partial charge on any atom is 0.159 e. The van der Waals surface area contributed by atoms with Gasteiger partial charge in [-0.3, -0.25) is 0 Å². The first-order valence-corrected chi connectivity index (χ1v) is 17.0. The number of nitrogens with one attached hydrogen (secondary N) is 1. The third-order valence-electron chi connectivity index (χ3n) is 10.2. The highest BCUT2D eigenvalue weighted by molar-refractivity contribution is 6.13. The van der Waals surface area contributed by atoms with Crippen LogP contribution in [0.5, 0.6) is 11.5 Å². The van der Waals surface area contributed by atoms with Gasteiger partial charge in [0.15, 0.2) is 5.84 Å². The van der Waals surface area contributed by atoms with Crippen molar-refractivity contribution in [3.63, 3.8) is 0 Å². The smallest absolute Gasteiger partial charge is 0.159 e. The molecule has 3 aliphatic rings. The summed E-state index contributed by atoms with van der Waals surface area (Å²) in [5, 5.41) is 3.61. The summed E-state index contributed by atoms with van der Waals surface area (Å²) in [5.41, 5.74) is 12.4. The van der Waals surface area contributed by atoms with E-state index >= 15 is 0 Å². The highest BCUT2D eigenvalue weighted by atomic mass is 16.5. The second-order valence-electron chi connectivity index (χ2n) is 12.9. The monoisotopic (exact) mass is 641 g/mol. The molecule has 0 bridgehead atoms. The maximum atomic E-state index is 6.53. The van der Waals surface area contributed by atoms with Crippen molar-refractivity contribution in [2.24, 2.45) is 9.98 Å². The molecule has 0 radical (unpaired) electrons. The molecule has 7 aromatic carbocycles. The molecule has 1 aliphatic carbocycles. The van der Waals surface area contributed by atoms with Crippen molar-refractivity contribution in [2.45, 2.75) is 11.6 Å². The van der Waals surface area contributed by atoms with Crippen LogP contribution in [0.1, 0.15) is 45.1 Å². The molecule has 4 nitrogen and oxygen atoms in total. The number of para-hydroxylation sites is 2. The fraction of sp³-hybridized carbons (Fsp3) is 0.0435. The van der Waals surface area contributed by atoms with E-state index in [1.165, 1.54) is 38.9 Å². The number of aliphatic imine (C=N–C) groups is 2. The van der Waals surface area contributed by atoms with Gasteiger partial charge in [0.1, 0.15) is 23.5 Å². The Balaban J connectivity index is 1.10. The molecule has 0 saturated heterocycles. The second-order valence-corrected chi connectivity index (χ2v) is 12.9. The Kier molecular flexibility index (Phi) is 6.43. The number of rotatable bonds is 4. The Hall–Kier alpha value is -6.52. The maximum absolute atomic E-state index is 6.53. The summed E-state index contributed by atoms with van der Waals surface area (Å²) in [5.74, 6) is 3.33. The zero-order valence-electron chi connectivity index (χ0n) is 27.1. The molecule has 1 atom stereocenters. The van der Waals surface area contributed by atoms with Gasteiger partial charge >= 0.3 is 0 Å². The molecule has 50 heavy (non-hydrogen) atoms. The fourth-order valence-corrected chi connectivity index (χ4v) is 8.07. The first-order chi connectivity index (χ1) is 24.8. The Morgan fingerprint density at radius 1 is 0.460 bits per heavy atom. The van der Waals surface area contributed by atoms with E-state index < -0.39 is 5.41 Å². The number of benzene rings is 7. The molecule has 2 heterocycles. The number of hydrogen-bond donors (Lipinski definition) is 1. The average Bonchev–Trinajstić information content (AvgIpc) is 3.49. The Morgan fingerprint density at radius 3 is 1.72 bits per heavy atom. The van der Waals surface area contributed by atoms with E-state index in [4.69, 9.17) is 14.7 Å². The van der Waals surface area contributed by atoms with Gasteiger partial charge < -0.3 is 10.1 Å². The lowest BCUT2D eigenvalue weighted by Gasteiger charge is -2.39. The van der Waals surface area contributed by atoms with E-state index in [1.54, 1.807) is 0 Å². The van der Waals surface area contributed by atoms with Gasteiger partial charge in [0.05, 0.1) is 5.41 Å². The average molecular weight is 642 g/mol. The van der Waals surface area contributed by atoms with Gasteiger partial charge in [0, 0.05) is 22.3 Å². The van der Waals surface area contributed by atoms with Gasteiger partial charge in [0.2, 0.25) is 0 Å². The summed E-state index contributed by atoms with van der Waals surface area (Å²) in [6, 6.07) is 62.0. The number of amidine groups is 2. The van der Waals surface area contributed by atoms with E-state index in [0.717, 1.165) is 45.4 Å². The summed E-state index contributed by atoms with van der Waals surface area (Å²) < 4.78 is 6.53. The van der Waals surface area contributed by atoms with Crippen molar-refractivity contribution >= 4 is 11.7 Å². The minimum Gasteiger partial charge on any atom is -0.457 e. The van der Waals surface area contributed by atoms with Crippen LogP contribution in [0.4, 0.5) is 0 Å². The van der Waals surface area contributed by atoms with Gasteiger partial charge in [-0.2, -0.15) is 0 Å². The van der Waals surface area contributed by atoms with Crippen LogP contribution in [0.2, 0.25) is 0 Å². The Morgan fingerprint density at radius 2 is 1.02 bits per heavy atom. The van der Waals surface area contributed by atoms with Crippen LogP contribution in [0, 0.1) is 0 Å². The van der Waals surface area contributed by atoms with Crippen molar-refractivity contribution in [2.75, 3.05) is 0 Å². The Bertz CT molecular complexity index is 2440. The molecule has 1 N–H and O–H groups in total. The summed E-state index contributed by atoms with van der Waals surface area (Å²) >= 11 is 0. The molecular formula is C46H31N3O. The molecule has 4 heteroatoms. The largest absolute Gasteiger partial charge is 0.457 e. The lowest BCUT2D eigenvalue weighted by Crippen LogP contribution is -2.33. The van der Waals surface area contributed by atoms with Gasteiger partial charge in [-0.25, -0.2) is 9.98 Å². The van der Waals surface area contributed by atoms with Crippen molar-refractivity contribution < 1.29 is 4.74 Å². The van der Waals surface area contributed by atoms with Crippen molar-refractivity contribution in [3.8, 4) is 33.8 Å². The number of ether oxygens (including phenoxy) is 1. The molecule has 1 spiro atoms. The summed E-state index contributed by atoms with van der Waals surface area (Å²) in [4.78, 5) is 10.0. The fourth-order valence-electron chi connectivity index (χ4n) is 8.07. The minimum atomic E-state index is -0.491. The minimum absolute atomic E-state index is 0.285. The van der Waals surface area contributed by atoms with E-state index in [2.05, 4.69) is 145 Å². The molecular weight excluding hydrogens is 611 g/mol. The topological polar surface area (TPSA) is 46.0 Å². The molecule has 236 valence electrons. The lowest BCUT2D eigenvalue weighted by molar-refractivity contribution is 0.436. The summed E-state index contributed by atoms with van der Waals surface area (Å²) in [6.07, 6.45) is -0.285. The Labute approximate surface area is 291 Å². The molecule has 0 fully saturated rings. The molecule has 0 aromatic heterocycles. The molecule has 1 unspecified atom stereocenters. The van der Waals surface area contributed by atoms with Crippen LogP contribution in [0.25, 0.3) is 22.3 Å². The second kappa shape index (κ2) is 11.3. The van der Waals surface area contributed by atoms with Crippen LogP contribution >= 0.6 is 0 Å². The van der Waals surface area contributed by atoms with Gasteiger partial charge in [-0.1, -0.05) is 164 Å². The zero-order chi connectivity index (χ0) is 33.1. The van der Waals surface area contributed by atoms with E-state index in [1.807, 2.05) is 36.4 Å². The standard InChI is InChI=1S/C46H31N3O/c1-3-14-31(15-4-1)43-47-44(32-16-5-2-6-17-32)49-45(48-43)33-28-26-30(27-29-33)34-19-13-23-39-42(34)35-18-7-8-20-36(35)46(39)37-21-9-11-24-40(37)50-41-25-12-10-22-38(41)46/h1-29,45H,(H,47,48,49). The van der Waals surface area contributed by atoms with E-state index in [0.29, 0.717) is 0 Å². The summed E-state index contributed by atoms with van der Waals surface area (Å²) in [6.45, 7) is 0. The third kappa shape index (κ3) is 4.25. The highest BCUT2D eigenvalue weighted by Crippen LogP contribution is 2.63. The van der Waals surface area contributed by atoms with Crippen LogP contribution in [-0.4, -0.2) is 11.7 Å². The van der Waals surface area contributed by atoms with Gasteiger partial charge in [-0.05, 0) is 51.1 Å². The SMILES string of the molecule is c1ccc(C2=NC(c3ccc(-c4cccc5c4-c4ccccc4C54c5ccccc5Oc5ccccc54)cc3)NC(c3ccccc3)=N2)cc1. The highest BCUT2D eigenvalue weighted by Gasteiger charge is 2.51. The predicted molar refractivity (Wildman–Crippen MR) is 201 cm³/mol. The van der Waals surface area contributed by atoms with Crippen molar-refractivity contribution in [3.05, 3.63) is 215 Å². The lowest BCUT2D eigenvalue weighted by atomic mass is 9.66. The normalized spacial score (nSPS) is 16.1. The zero-order valence-corrected chi connectivity index (χ0v) is 27.1. The summed E-state index contributed by atoms with van der Waals surface area (Å²) in [7, 11) is 0. The van der Waals surface area contributed by atoms with Crippen LogP contribution < -0.4 is 10.1 Å². The predicted octanol–water partition coefficient (Wildman–Crippen LogP) is 10.3. The number of fused-ring (bicyclic) bond motifs is 9.